The first-order chi connectivity index (χ1) is 15.1. The number of rotatable bonds is 22. The molecule has 0 aliphatic carbocycles. The minimum atomic E-state index is 0.168. The highest BCUT2D eigenvalue weighted by molar-refractivity contribution is 5.76. The van der Waals surface area contributed by atoms with Crippen LogP contribution in [0.25, 0.3) is 0 Å². The first-order valence-electron chi connectivity index (χ1n) is 13.0. The summed E-state index contributed by atoms with van der Waals surface area (Å²) in [7, 11) is 0. The summed E-state index contributed by atoms with van der Waals surface area (Å²) in [6, 6.07) is 0. The fraction of sp³-hybridized carbons (Fsp3) is 0.920. The van der Waals surface area contributed by atoms with Crippen LogP contribution in [0, 0.1) is 0 Å². The van der Waals surface area contributed by atoms with Gasteiger partial charge in [0.25, 0.3) is 0 Å². The van der Waals surface area contributed by atoms with Crippen LogP contribution in [-0.2, 0) is 9.59 Å². The van der Waals surface area contributed by atoms with Crippen molar-refractivity contribution in [1.29, 1.82) is 0 Å². The monoisotopic (exact) mass is 440 g/mol. The number of unbranched alkanes of at least 4 members (excludes halogenated alkanes) is 3. The Kier molecular flexibility index (Phi) is 21.3. The Morgan fingerprint density at radius 1 is 0.516 bits per heavy atom. The molecule has 6 heteroatoms. The Labute approximate surface area is 192 Å². The zero-order valence-corrected chi connectivity index (χ0v) is 21.1. The number of nitrogens with one attached hydrogen (secondary N) is 2. The molecule has 0 fully saturated rings. The first kappa shape index (κ1) is 29.9. The summed E-state index contributed by atoms with van der Waals surface area (Å²) < 4.78 is 0. The van der Waals surface area contributed by atoms with E-state index < -0.39 is 0 Å². The summed E-state index contributed by atoms with van der Waals surface area (Å²) in [5.41, 5.74) is 0. The van der Waals surface area contributed by atoms with Crippen molar-refractivity contribution in [3.63, 3.8) is 0 Å². The quantitative estimate of drug-likeness (QED) is 0.248. The molecular formula is C25H52N4O2. The molecular weight excluding hydrogens is 388 g/mol. The van der Waals surface area contributed by atoms with E-state index in [1.165, 1.54) is 12.8 Å². The van der Waals surface area contributed by atoms with Crippen molar-refractivity contribution in [2.45, 2.75) is 98.3 Å². The summed E-state index contributed by atoms with van der Waals surface area (Å²) >= 11 is 0. The van der Waals surface area contributed by atoms with Gasteiger partial charge in [-0.1, -0.05) is 40.5 Å². The van der Waals surface area contributed by atoms with Gasteiger partial charge in [-0.3, -0.25) is 9.59 Å². The molecule has 0 unspecified atom stereocenters. The van der Waals surface area contributed by atoms with Crippen LogP contribution in [0.1, 0.15) is 98.3 Å². The maximum absolute atomic E-state index is 12.0. The summed E-state index contributed by atoms with van der Waals surface area (Å²) in [5, 5.41) is 6.09. The molecule has 0 aromatic rings. The fourth-order valence-electron chi connectivity index (χ4n) is 3.89. The molecule has 2 N–H and O–H groups in total. The fourth-order valence-corrected chi connectivity index (χ4v) is 3.89. The zero-order valence-electron chi connectivity index (χ0n) is 21.1. The molecule has 0 aromatic carbocycles. The standard InChI is InChI=1S/C25H52N4O2/c1-5-18-28(19-6-2)22-13-14-24(30)26-16-11-9-10-12-17-27-25(31)15-23-29(20-7-3)21-8-4/h5-23H2,1-4H3,(H,26,30)(H,27,31). The first-order valence-corrected chi connectivity index (χ1v) is 13.0. The van der Waals surface area contributed by atoms with Crippen LogP contribution in [0.15, 0.2) is 0 Å². The average Bonchev–Trinajstić information content (AvgIpc) is 2.74. The molecule has 0 bridgehead atoms. The lowest BCUT2D eigenvalue weighted by molar-refractivity contribution is -0.122. The van der Waals surface area contributed by atoms with E-state index in [2.05, 4.69) is 48.1 Å². The van der Waals surface area contributed by atoms with Crippen LogP contribution in [-0.4, -0.2) is 74.0 Å². The summed E-state index contributed by atoms with van der Waals surface area (Å²) in [5.74, 6) is 0.348. The number of carbonyl (C=O) groups is 2. The summed E-state index contributed by atoms with van der Waals surface area (Å²) in [4.78, 5) is 28.8. The molecule has 0 radical (unpaired) electrons. The summed E-state index contributed by atoms with van der Waals surface area (Å²) in [6.07, 6.45) is 11.0. The minimum absolute atomic E-state index is 0.168. The van der Waals surface area contributed by atoms with Crippen LogP contribution in [0.5, 0.6) is 0 Å². The van der Waals surface area contributed by atoms with Gasteiger partial charge in [-0.2, -0.15) is 0 Å². The molecule has 0 atom stereocenters. The molecule has 2 amide bonds. The Morgan fingerprint density at radius 2 is 0.935 bits per heavy atom. The highest BCUT2D eigenvalue weighted by atomic mass is 16.2. The van der Waals surface area contributed by atoms with Crippen molar-refractivity contribution >= 4 is 11.8 Å². The van der Waals surface area contributed by atoms with Gasteiger partial charge in [0.1, 0.15) is 0 Å². The van der Waals surface area contributed by atoms with Gasteiger partial charge in [0.2, 0.25) is 11.8 Å². The molecule has 0 heterocycles. The van der Waals surface area contributed by atoms with Crippen LogP contribution >= 0.6 is 0 Å². The lowest BCUT2D eigenvalue weighted by Crippen LogP contribution is -2.32. The van der Waals surface area contributed by atoms with Crippen molar-refractivity contribution in [3.05, 3.63) is 0 Å². The number of hydrogen-bond donors (Lipinski definition) is 2. The third-order valence-corrected chi connectivity index (χ3v) is 5.44. The third kappa shape index (κ3) is 19.3. The van der Waals surface area contributed by atoms with Crippen LogP contribution in [0.3, 0.4) is 0 Å². The van der Waals surface area contributed by atoms with E-state index >= 15 is 0 Å². The Morgan fingerprint density at radius 3 is 1.39 bits per heavy atom. The van der Waals surface area contributed by atoms with E-state index in [-0.39, 0.29) is 11.8 Å². The lowest BCUT2D eigenvalue weighted by atomic mass is 10.2. The largest absolute Gasteiger partial charge is 0.356 e. The molecule has 0 rings (SSSR count). The number of nitrogens with zero attached hydrogens (tertiary/aromatic N) is 2. The smallest absolute Gasteiger partial charge is 0.221 e. The van der Waals surface area contributed by atoms with Gasteiger partial charge in [-0.25, -0.2) is 0 Å². The van der Waals surface area contributed by atoms with Gasteiger partial charge in [-0.15, -0.1) is 0 Å². The van der Waals surface area contributed by atoms with Crippen LogP contribution < -0.4 is 10.6 Å². The van der Waals surface area contributed by atoms with E-state index in [4.69, 9.17) is 0 Å². The normalized spacial score (nSPS) is 11.3. The van der Waals surface area contributed by atoms with Crippen molar-refractivity contribution in [1.82, 2.24) is 20.4 Å². The van der Waals surface area contributed by atoms with E-state index in [1.807, 2.05) is 0 Å². The third-order valence-electron chi connectivity index (χ3n) is 5.44. The van der Waals surface area contributed by atoms with Crippen molar-refractivity contribution in [3.8, 4) is 0 Å². The SMILES string of the molecule is CCCN(CCC)CCCC(=O)NCCCCCCNC(=O)CCN(CCC)CCC. The maximum Gasteiger partial charge on any atom is 0.221 e. The molecule has 0 saturated carbocycles. The van der Waals surface area contributed by atoms with Crippen LogP contribution in [0.2, 0.25) is 0 Å². The van der Waals surface area contributed by atoms with E-state index in [9.17, 15) is 9.59 Å². The molecule has 0 saturated heterocycles. The molecule has 0 aliphatic rings. The molecule has 6 nitrogen and oxygen atoms in total. The Balaban J connectivity index is 3.57. The highest BCUT2D eigenvalue weighted by Crippen LogP contribution is 2.01. The van der Waals surface area contributed by atoms with E-state index in [0.29, 0.717) is 12.8 Å². The van der Waals surface area contributed by atoms with Gasteiger partial charge in [0, 0.05) is 32.5 Å². The zero-order chi connectivity index (χ0) is 23.2. The van der Waals surface area contributed by atoms with Gasteiger partial charge in [0.15, 0.2) is 0 Å². The molecule has 0 aliphatic heterocycles. The van der Waals surface area contributed by atoms with E-state index in [1.54, 1.807) is 0 Å². The number of amides is 2. The molecule has 184 valence electrons. The van der Waals surface area contributed by atoms with Gasteiger partial charge in [0.05, 0.1) is 0 Å². The molecule has 0 spiro atoms. The van der Waals surface area contributed by atoms with E-state index in [0.717, 1.165) is 97.3 Å². The van der Waals surface area contributed by atoms with Gasteiger partial charge in [-0.05, 0) is 77.7 Å². The number of hydrogen-bond acceptors (Lipinski definition) is 4. The predicted molar refractivity (Wildman–Crippen MR) is 132 cm³/mol. The second-order valence-corrected chi connectivity index (χ2v) is 8.65. The minimum Gasteiger partial charge on any atom is -0.356 e. The topological polar surface area (TPSA) is 64.7 Å². The Hall–Kier alpha value is -1.14. The maximum atomic E-state index is 12.0. The predicted octanol–water partition coefficient (Wildman–Crippen LogP) is 4.19. The summed E-state index contributed by atoms with van der Waals surface area (Å²) in [6.45, 7) is 16.6. The molecule has 31 heavy (non-hydrogen) atoms. The average molecular weight is 441 g/mol. The molecule has 0 aromatic heterocycles. The van der Waals surface area contributed by atoms with Crippen LogP contribution in [0.4, 0.5) is 0 Å². The van der Waals surface area contributed by atoms with Crippen molar-refractivity contribution in [2.24, 2.45) is 0 Å². The van der Waals surface area contributed by atoms with Crippen molar-refractivity contribution < 1.29 is 9.59 Å². The Bertz CT molecular complexity index is 420. The number of carbonyl (C=O) groups excluding carboxylic acids is 2. The second kappa shape index (κ2) is 22.1. The second-order valence-electron chi connectivity index (χ2n) is 8.65. The van der Waals surface area contributed by atoms with Gasteiger partial charge < -0.3 is 20.4 Å². The van der Waals surface area contributed by atoms with Crippen molar-refractivity contribution in [2.75, 3.05) is 52.4 Å². The van der Waals surface area contributed by atoms with Gasteiger partial charge >= 0.3 is 0 Å². The lowest BCUT2D eigenvalue weighted by Gasteiger charge is -2.20. The highest BCUT2D eigenvalue weighted by Gasteiger charge is 2.07.